The first-order valence-corrected chi connectivity index (χ1v) is 16.0. The van der Waals surface area contributed by atoms with Crippen LogP contribution in [0.15, 0.2) is 88.6 Å². The summed E-state index contributed by atoms with van der Waals surface area (Å²) >= 11 is 0. The topological polar surface area (TPSA) is 0 Å². The molecule has 0 saturated carbocycles. The summed E-state index contributed by atoms with van der Waals surface area (Å²) in [4.78, 5) is 0. The molecule has 3 aromatic carbocycles. The van der Waals surface area contributed by atoms with E-state index < -0.39 is 8.07 Å². The number of hydrogen-bond acceptors (Lipinski definition) is 0. The van der Waals surface area contributed by atoms with E-state index >= 15 is 0 Å². The van der Waals surface area contributed by atoms with Gasteiger partial charge in [-0.3, -0.25) is 0 Å². The lowest BCUT2D eigenvalue weighted by atomic mass is 10.1. The van der Waals surface area contributed by atoms with Crippen LogP contribution in [0, 0.1) is 5.92 Å². The van der Waals surface area contributed by atoms with Crippen molar-refractivity contribution in [2.24, 2.45) is 5.92 Å². The Bertz CT molecular complexity index is 1210. The maximum atomic E-state index is 2.57. The Labute approximate surface area is 221 Å². The third-order valence-electron chi connectivity index (χ3n) is 8.86. The molecule has 0 radical (unpaired) electrons. The summed E-state index contributed by atoms with van der Waals surface area (Å²) in [6, 6.07) is 26.7. The average molecular weight is 493 g/mol. The van der Waals surface area contributed by atoms with Crippen LogP contribution in [0.2, 0.25) is 0 Å². The van der Waals surface area contributed by atoms with Crippen molar-refractivity contribution in [3.8, 4) is 0 Å². The molecule has 36 heavy (non-hydrogen) atoms. The van der Waals surface area contributed by atoms with Gasteiger partial charge in [0.05, 0.1) is 0 Å². The maximum Gasteiger partial charge on any atom is 0.176 e. The molecule has 1 heteroatoms. The van der Waals surface area contributed by atoms with Crippen molar-refractivity contribution in [1.29, 1.82) is 0 Å². The number of aryl methyl sites for hydroxylation is 4. The first-order chi connectivity index (χ1) is 17.3. The Morgan fingerprint density at radius 3 is 1.31 bits per heavy atom. The van der Waals surface area contributed by atoms with Crippen molar-refractivity contribution >= 4 is 23.6 Å². The first-order valence-electron chi connectivity index (χ1n) is 14.0. The molecular weight excluding hydrogens is 448 g/mol. The minimum atomic E-state index is -2.55. The molecule has 1 aliphatic carbocycles. The van der Waals surface area contributed by atoms with Gasteiger partial charge in [0, 0.05) is 0 Å². The Hall–Kier alpha value is -2.64. The van der Waals surface area contributed by atoms with E-state index in [1.54, 1.807) is 21.1 Å². The van der Waals surface area contributed by atoms with E-state index in [0.717, 1.165) is 25.7 Å². The van der Waals surface area contributed by atoms with Crippen molar-refractivity contribution in [2.45, 2.75) is 81.1 Å². The van der Waals surface area contributed by atoms with Crippen LogP contribution in [0.5, 0.6) is 0 Å². The summed E-state index contributed by atoms with van der Waals surface area (Å²) in [5.41, 5.74) is 10.4. The third-order valence-corrected chi connectivity index (χ3v) is 14.0. The normalized spacial score (nSPS) is 16.3. The molecule has 3 aromatic rings. The van der Waals surface area contributed by atoms with Gasteiger partial charge in [0.2, 0.25) is 0 Å². The van der Waals surface area contributed by atoms with E-state index in [0.29, 0.717) is 5.92 Å². The van der Waals surface area contributed by atoms with Crippen LogP contribution >= 0.6 is 0 Å². The maximum absolute atomic E-state index is 2.57. The van der Waals surface area contributed by atoms with E-state index in [4.69, 9.17) is 0 Å². The molecule has 0 amide bonds. The molecule has 0 N–H and O–H groups in total. The van der Waals surface area contributed by atoms with Gasteiger partial charge in [-0.1, -0.05) is 118 Å². The van der Waals surface area contributed by atoms with Gasteiger partial charge < -0.3 is 0 Å². The monoisotopic (exact) mass is 492 g/mol. The van der Waals surface area contributed by atoms with E-state index in [1.165, 1.54) is 38.6 Å². The van der Waals surface area contributed by atoms with Crippen molar-refractivity contribution in [2.75, 3.05) is 0 Å². The molecule has 0 fully saturated rings. The fourth-order valence-corrected chi connectivity index (χ4v) is 12.2. The SMILES string of the molecule is CCc1cc(CC)cc([Si](C2=C(C)C(C)=C(C)C2C)(c2ccccc2)c2cc(CC)cc(CC)c2)c1. The molecule has 0 nitrogen and oxygen atoms in total. The summed E-state index contributed by atoms with van der Waals surface area (Å²) in [5.74, 6) is 0.447. The van der Waals surface area contributed by atoms with E-state index in [2.05, 4.69) is 122 Å². The lowest BCUT2D eigenvalue weighted by Gasteiger charge is -2.39. The predicted octanol–water partition coefficient (Wildman–Crippen LogP) is 7.25. The molecular formula is C35H44Si. The highest BCUT2D eigenvalue weighted by Crippen LogP contribution is 2.41. The molecule has 188 valence electrons. The van der Waals surface area contributed by atoms with Gasteiger partial charge in [-0.25, -0.2) is 0 Å². The molecule has 0 aromatic heterocycles. The fraction of sp³-hybridized carbons (Fsp3) is 0.371. The van der Waals surface area contributed by atoms with Crippen LogP contribution in [0.25, 0.3) is 0 Å². The van der Waals surface area contributed by atoms with Crippen LogP contribution < -0.4 is 15.6 Å². The van der Waals surface area contributed by atoms with E-state index in [9.17, 15) is 0 Å². The molecule has 0 saturated heterocycles. The lowest BCUT2D eigenvalue weighted by molar-refractivity contribution is 0.851. The number of rotatable bonds is 8. The molecule has 1 unspecified atom stereocenters. The summed E-state index contributed by atoms with van der Waals surface area (Å²) in [6.45, 7) is 18.8. The molecule has 0 heterocycles. The third kappa shape index (κ3) is 4.37. The Kier molecular flexibility index (Phi) is 7.90. The summed E-state index contributed by atoms with van der Waals surface area (Å²) in [7, 11) is -2.55. The standard InChI is InChI=1S/C35H44Si/c1-9-28-18-29(10-2)21-33(20-28)36(32-16-14-13-15-17-32,35-26(7)24(5)25(6)27(35)8)34-22-30(11-3)19-31(12-4)23-34/h13-23,26H,9-12H2,1-8H3. The summed E-state index contributed by atoms with van der Waals surface area (Å²) in [5, 5.41) is 6.32. The average Bonchev–Trinajstić information content (AvgIpc) is 3.12. The smallest absolute Gasteiger partial charge is 0.0636 e. The van der Waals surface area contributed by atoms with Gasteiger partial charge in [-0.2, -0.15) is 0 Å². The van der Waals surface area contributed by atoms with Gasteiger partial charge >= 0.3 is 0 Å². The van der Waals surface area contributed by atoms with E-state index in [-0.39, 0.29) is 0 Å². The molecule has 4 rings (SSSR count). The Morgan fingerprint density at radius 2 is 0.972 bits per heavy atom. The van der Waals surface area contributed by atoms with Gasteiger partial charge in [-0.05, 0) is 95.8 Å². The number of allylic oxidation sites excluding steroid dienone is 4. The second kappa shape index (κ2) is 10.8. The minimum absolute atomic E-state index is 0.447. The highest BCUT2D eigenvalue weighted by Gasteiger charge is 2.48. The minimum Gasteiger partial charge on any atom is -0.0636 e. The van der Waals surface area contributed by atoms with Gasteiger partial charge in [-0.15, -0.1) is 0 Å². The summed E-state index contributed by atoms with van der Waals surface area (Å²) < 4.78 is 0. The quantitative estimate of drug-likeness (QED) is 0.229. The van der Waals surface area contributed by atoms with Crippen LogP contribution in [-0.2, 0) is 25.7 Å². The first kappa shape index (κ1) is 26.4. The van der Waals surface area contributed by atoms with Gasteiger partial charge in [0.1, 0.15) is 0 Å². The van der Waals surface area contributed by atoms with Crippen LogP contribution in [0.4, 0.5) is 0 Å². The molecule has 0 bridgehead atoms. The molecule has 1 aliphatic rings. The number of benzene rings is 3. The number of hydrogen-bond donors (Lipinski definition) is 0. The predicted molar refractivity (Wildman–Crippen MR) is 162 cm³/mol. The lowest BCUT2D eigenvalue weighted by Crippen LogP contribution is -2.70. The van der Waals surface area contributed by atoms with Gasteiger partial charge in [0.15, 0.2) is 8.07 Å². The van der Waals surface area contributed by atoms with Crippen molar-refractivity contribution in [3.63, 3.8) is 0 Å². The fourth-order valence-electron chi connectivity index (χ4n) is 6.40. The molecule has 0 aliphatic heterocycles. The Balaban J connectivity index is 2.25. The second-order valence-electron chi connectivity index (χ2n) is 10.7. The second-order valence-corrected chi connectivity index (χ2v) is 14.4. The van der Waals surface area contributed by atoms with Crippen molar-refractivity contribution in [3.05, 3.63) is 111 Å². The zero-order chi connectivity index (χ0) is 26.0. The van der Waals surface area contributed by atoms with Crippen molar-refractivity contribution in [1.82, 2.24) is 0 Å². The molecule has 1 atom stereocenters. The zero-order valence-electron chi connectivity index (χ0n) is 23.8. The largest absolute Gasteiger partial charge is 0.176 e. The van der Waals surface area contributed by atoms with E-state index in [1.807, 2.05) is 0 Å². The Morgan fingerprint density at radius 1 is 0.556 bits per heavy atom. The highest BCUT2D eigenvalue weighted by atomic mass is 28.3. The van der Waals surface area contributed by atoms with Gasteiger partial charge in [0.25, 0.3) is 0 Å². The van der Waals surface area contributed by atoms with Crippen LogP contribution in [-0.4, -0.2) is 8.07 Å². The summed E-state index contributed by atoms with van der Waals surface area (Å²) in [6.07, 6.45) is 4.27. The van der Waals surface area contributed by atoms with Crippen LogP contribution in [0.3, 0.4) is 0 Å². The van der Waals surface area contributed by atoms with Crippen LogP contribution in [0.1, 0.15) is 77.6 Å². The zero-order valence-corrected chi connectivity index (χ0v) is 24.8. The highest BCUT2D eigenvalue weighted by molar-refractivity contribution is 7.16. The molecule has 0 spiro atoms. The van der Waals surface area contributed by atoms with Crippen molar-refractivity contribution < 1.29 is 0 Å².